The fourth-order valence-electron chi connectivity index (χ4n) is 1.56. The predicted octanol–water partition coefficient (Wildman–Crippen LogP) is 1.31. The summed E-state index contributed by atoms with van der Waals surface area (Å²) in [5, 5.41) is 6.00. The van der Waals surface area contributed by atoms with Gasteiger partial charge in [0.1, 0.15) is 5.01 Å². The Morgan fingerprint density at radius 1 is 1.69 bits per heavy atom. The molecule has 0 spiro atoms. The standard InChI is InChI=1S/C9H12N2OS/c1-9(8-10-4-5-13-8)3-2-7(12)11-6-9/h4-5H,2-3,6H2,1H3,(H,11,12). The van der Waals surface area contributed by atoms with Gasteiger partial charge in [-0.1, -0.05) is 6.92 Å². The van der Waals surface area contributed by atoms with Crippen molar-refractivity contribution in [3.05, 3.63) is 16.6 Å². The lowest BCUT2D eigenvalue weighted by Crippen LogP contribution is -2.44. The molecule has 3 nitrogen and oxygen atoms in total. The van der Waals surface area contributed by atoms with Gasteiger partial charge in [0, 0.05) is 30.0 Å². The Balaban J connectivity index is 2.18. The molecule has 1 fully saturated rings. The van der Waals surface area contributed by atoms with Crippen LogP contribution in [0.15, 0.2) is 11.6 Å². The summed E-state index contributed by atoms with van der Waals surface area (Å²) in [4.78, 5) is 15.3. The summed E-state index contributed by atoms with van der Waals surface area (Å²) in [6.45, 7) is 2.88. The van der Waals surface area contributed by atoms with Gasteiger partial charge in [-0.15, -0.1) is 11.3 Å². The molecule has 0 aliphatic carbocycles. The van der Waals surface area contributed by atoms with Crippen molar-refractivity contribution in [2.75, 3.05) is 6.54 Å². The third-order valence-electron chi connectivity index (χ3n) is 2.53. The topological polar surface area (TPSA) is 42.0 Å². The number of piperidine rings is 1. The largest absolute Gasteiger partial charge is 0.355 e. The number of nitrogens with one attached hydrogen (secondary N) is 1. The van der Waals surface area contributed by atoms with Gasteiger partial charge < -0.3 is 5.32 Å². The van der Waals surface area contributed by atoms with Crippen LogP contribution in [0.1, 0.15) is 24.8 Å². The summed E-state index contributed by atoms with van der Waals surface area (Å²) in [6, 6.07) is 0. The van der Waals surface area contributed by atoms with E-state index in [1.807, 2.05) is 11.6 Å². The first-order chi connectivity index (χ1) is 6.21. The predicted molar refractivity (Wildman–Crippen MR) is 51.7 cm³/mol. The Hall–Kier alpha value is -0.900. The molecule has 1 unspecified atom stereocenters. The van der Waals surface area contributed by atoms with Crippen molar-refractivity contribution in [1.29, 1.82) is 0 Å². The third kappa shape index (κ3) is 1.58. The van der Waals surface area contributed by atoms with E-state index in [4.69, 9.17) is 0 Å². The highest BCUT2D eigenvalue weighted by atomic mass is 32.1. The van der Waals surface area contributed by atoms with E-state index in [0.29, 0.717) is 6.42 Å². The van der Waals surface area contributed by atoms with Gasteiger partial charge in [-0.05, 0) is 6.42 Å². The number of hydrogen-bond donors (Lipinski definition) is 1. The molecule has 1 atom stereocenters. The molecule has 0 saturated carbocycles. The molecule has 1 aliphatic heterocycles. The fourth-order valence-corrected chi connectivity index (χ4v) is 2.40. The van der Waals surface area contributed by atoms with E-state index in [0.717, 1.165) is 18.0 Å². The Labute approximate surface area is 81.2 Å². The minimum atomic E-state index is 0.0576. The van der Waals surface area contributed by atoms with Crippen molar-refractivity contribution < 1.29 is 4.79 Å². The zero-order chi connectivity index (χ0) is 9.31. The molecule has 13 heavy (non-hydrogen) atoms. The highest BCUT2D eigenvalue weighted by Crippen LogP contribution is 2.31. The van der Waals surface area contributed by atoms with Crippen molar-refractivity contribution in [1.82, 2.24) is 10.3 Å². The van der Waals surface area contributed by atoms with Crippen LogP contribution in [0.4, 0.5) is 0 Å². The lowest BCUT2D eigenvalue weighted by Gasteiger charge is -2.31. The number of thiazole rings is 1. The highest BCUT2D eigenvalue weighted by molar-refractivity contribution is 7.09. The summed E-state index contributed by atoms with van der Waals surface area (Å²) < 4.78 is 0. The molecule has 0 bridgehead atoms. The molecule has 0 aromatic carbocycles. The first-order valence-electron chi connectivity index (χ1n) is 4.37. The van der Waals surface area contributed by atoms with Crippen molar-refractivity contribution >= 4 is 17.2 Å². The molecule has 1 aliphatic rings. The summed E-state index contributed by atoms with van der Waals surface area (Å²) >= 11 is 1.67. The first kappa shape index (κ1) is 8.69. The van der Waals surface area contributed by atoms with Gasteiger partial charge in [-0.25, -0.2) is 4.98 Å². The van der Waals surface area contributed by atoms with Crippen LogP contribution in [0.2, 0.25) is 0 Å². The van der Waals surface area contributed by atoms with Gasteiger partial charge in [-0.2, -0.15) is 0 Å². The number of nitrogens with zero attached hydrogens (tertiary/aromatic N) is 1. The SMILES string of the molecule is CC1(c2nccs2)CCC(=O)NC1. The van der Waals surface area contributed by atoms with E-state index >= 15 is 0 Å². The summed E-state index contributed by atoms with van der Waals surface area (Å²) in [5.74, 6) is 0.161. The van der Waals surface area contributed by atoms with Gasteiger partial charge in [0.2, 0.25) is 5.91 Å². The quantitative estimate of drug-likeness (QED) is 0.736. The number of carbonyl (C=O) groups is 1. The van der Waals surface area contributed by atoms with E-state index in [-0.39, 0.29) is 11.3 Å². The summed E-state index contributed by atoms with van der Waals surface area (Å²) in [7, 11) is 0. The van der Waals surface area contributed by atoms with Gasteiger partial charge in [0.25, 0.3) is 0 Å². The van der Waals surface area contributed by atoms with Crippen LogP contribution < -0.4 is 5.32 Å². The minimum absolute atomic E-state index is 0.0576. The Morgan fingerprint density at radius 2 is 2.54 bits per heavy atom. The Bertz CT molecular complexity index is 297. The number of carbonyl (C=O) groups excluding carboxylic acids is 1. The van der Waals surface area contributed by atoms with Gasteiger partial charge in [-0.3, -0.25) is 4.79 Å². The van der Waals surface area contributed by atoms with Crippen molar-refractivity contribution in [3.8, 4) is 0 Å². The summed E-state index contributed by atoms with van der Waals surface area (Å²) in [5.41, 5.74) is 0.0576. The lowest BCUT2D eigenvalue weighted by atomic mass is 9.83. The molecular weight excluding hydrogens is 184 g/mol. The number of hydrogen-bond acceptors (Lipinski definition) is 3. The minimum Gasteiger partial charge on any atom is -0.355 e. The van der Waals surface area contributed by atoms with E-state index in [1.165, 1.54) is 0 Å². The molecule has 1 saturated heterocycles. The van der Waals surface area contributed by atoms with Crippen LogP contribution in [0.5, 0.6) is 0 Å². The maximum absolute atomic E-state index is 11.0. The molecule has 1 amide bonds. The molecule has 1 N–H and O–H groups in total. The van der Waals surface area contributed by atoms with E-state index < -0.39 is 0 Å². The number of amides is 1. The number of aromatic nitrogens is 1. The lowest BCUT2D eigenvalue weighted by molar-refractivity contribution is -0.123. The molecule has 0 radical (unpaired) electrons. The third-order valence-corrected chi connectivity index (χ3v) is 3.61. The zero-order valence-corrected chi connectivity index (χ0v) is 8.36. The average Bonchev–Trinajstić information content (AvgIpc) is 2.63. The second-order valence-electron chi connectivity index (χ2n) is 3.67. The maximum atomic E-state index is 11.0. The van der Waals surface area contributed by atoms with Gasteiger partial charge in [0.05, 0.1) is 0 Å². The molecule has 1 aromatic rings. The molecule has 70 valence electrons. The van der Waals surface area contributed by atoms with E-state index in [2.05, 4.69) is 17.2 Å². The van der Waals surface area contributed by atoms with Gasteiger partial charge >= 0.3 is 0 Å². The Morgan fingerprint density at radius 3 is 3.08 bits per heavy atom. The van der Waals surface area contributed by atoms with Crippen LogP contribution in [-0.2, 0) is 10.2 Å². The van der Waals surface area contributed by atoms with E-state index in [1.54, 1.807) is 11.3 Å². The fraction of sp³-hybridized carbons (Fsp3) is 0.556. The highest BCUT2D eigenvalue weighted by Gasteiger charge is 2.33. The molecule has 4 heteroatoms. The van der Waals surface area contributed by atoms with Crippen molar-refractivity contribution in [2.24, 2.45) is 0 Å². The van der Waals surface area contributed by atoms with Crippen LogP contribution in [-0.4, -0.2) is 17.4 Å². The van der Waals surface area contributed by atoms with Crippen LogP contribution in [0.25, 0.3) is 0 Å². The molecule has 2 rings (SSSR count). The number of rotatable bonds is 1. The zero-order valence-electron chi connectivity index (χ0n) is 7.54. The molecular formula is C9H12N2OS. The summed E-state index contributed by atoms with van der Waals surface area (Å²) in [6.07, 6.45) is 3.35. The maximum Gasteiger partial charge on any atom is 0.220 e. The van der Waals surface area contributed by atoms with Crippen molar-refractivity contribution in [2.45, 2.75) is 25.2 Å². The second kappa shape index (κ2) is 3.10. The molecule has 2 heterocycles. The smallest absolute Gasteiger partial charge is 0.220 e. The van der Waals surface area contributed by atoms with Crippen LogP contribution in [0.3, 0.4) is 0 Å². The molecule has 1 aromatic heterocycles. The normalized spacial score (nSPS) is 28.5. The van der Waals surface area contributed by atoms with Crippen LogP contribution in [0, 0.1) is 0 Å². The average molecular weight is 196 g/mol. The first-order valence-corrected chi connectivity index (χ1v) is 5.25. The van der Waals surface area contributed by atoms with Crippen LogP contribution >= 0.6 is 11.3 Å². The Kier molecular flexibility index (Phi) is 2.07. The monoisotopic (exact) mass is 196 g/mol. The van der Waals surface area contributed by atoms with Crippen molar-refractivity contribution in [3.63, 3.8) is 0 Å². The van der Waals surface area contributed by atoms with E-state index in [9.17, 15) is 4.79 Å². The second-order valence-corrected chi connectivity index (χ2v) is 4.57. The van der Waals surface area contributed by atoms with Gasteiger partial charge in [0.15, 0.2) is 0 Å².